The van der Waals surface area contributed by atoms with E-state index in [2.05, 4.69) is 26.3 Å². The highest BCUT2D eigenvalue weighted by Gasteiger charge is 2.33. The number of rotatable bonds is 12. The van der Waals surface area contributed by atoms with Crippen molar-refractivity contribution in [3.05, 3.63) is 162 Å². The Morgan fingerprint density at radius 1 is 0.677 bits per heavy atom. The van der Waals surface area contributed by atoms with E-state index in [1.165, 1.54) is 18.2 Å². The number of aromatic amines is 1. The first-order valence-corrected chi connectivity index (χ1v) is 21.6. The zero-order valence-electron chi connectivity index (χ0n) is 35.6. The summed E-state index contributed by atoms with van der Waals surface area (Å²) in [5.41, 5.74) is 4.96. The van der Waals surface area contributed by atoms with E-state index in [0.717, 1.165) is 27.6 Å². The van der Waals surface area contributed by atoms with Gasteiger partial charge in [-0.1, -0.05) is 103 Å². The number of ketones is 1. The number of ether oxygens (including phenoxy) is 1. The number of H-pyrrole nitrogens is 1. The molecule has 2 bridgehead atoms. The number of nitrogens with one attached hydrogen (secondary N) is 5. The number of aliphatic carboxylic acids is 1. The molecule has 3 heterocycles. The topological polar surface area (TPSA) is 196 Å². The summed E-state index contributed by atoms with van der Waals surface area (Å²) >= 11 is 0. The average Bonchev–Trinajstić information content (AvgIpc) is 3.72. The predicted octanol–water partition coefficient (Wildman–Crippen LogP) is 5.65. The fourth-order valence-corrected chi connectivity index (χ4v) is 7.94. The van der Waals surface area contributed by atoms with Crippen molar-refractivity contribution in [3.8, 4) is 16.9 Å². The van der Waals surface area contributed by atoms with Crippen LogP contribution in [0.1, 0.15) is 41.5 Å². The van der Waals surface area contributed by atoms with Gasteiger partial charge in [-0.2, -0.15) is 0 Å². The number of hydrogen-bond donors (Lipinski definition) is 6. The monoisotopic (exact) mass is 879 g/mol. The van der Waals surface area contributed by atoms with Crippen LogP contribution >= 0.6 is 0 Å². The number of hydrogen-bond acceptors (Lipinski definition) is 7. The molecule has 6 N–H and O–H groups in total. The number of amides is 4. The van der Waals surface area contributed by atoms with Crippen molar-refractivity contribution in [2.75, 3.05) is 13.2 Å². The van der Waals surface area contributed by atoms with E-state index in [-0.39, 0.29) is 57.1 Å². The molecule has 65 heavy (non-hydrogen) atoms. The van der Waals surface area contributed by atoms with E-state index in [1.807, 2.05) is 78.9 Å². The van der Waals surface area contributed by atoms with Gasteiger partial charge < -0.3 is 36.1 Å². The Balaban J connectivity index is 1.24. The van der Waals surface area contributed by atoms with Gasteiger partial charge in [0, 0.05) is 61.7 Å². The molecule has 0 saturated carbocycles. The molecule has 0 radical (unpaired) electrons. The molecular formula is C51H50FN5O8. The van der Waals surface area contributed by atoms with Gasteiger partial charge in [0.05, 0.1) is 6.04 Å². The first kappa shape index (κ1) is 45.4. The number of carbonyl (C=O) groups excluding carboxylic acids is 5. The van der Waals surface area contributed by atoms with Crippen LogP contribution in [0.15, 0.2) is 134 Å². The SMILES string of the molecule is O=C(O)CCCNC(=O)[C@H]1CC(=O)[C@H](Cc2ccccc2F)NC(=O)[C@@H](Cc2ccc(-c3ccccc3)cc2)NC(=O)[C@H](Cc2c[nH]c3ccccc23)NC(=O)COc2ccc(cc2)C1. The summed E-state index contributed by atoms with van der Waals surface area (Å²) in [6.45, 7) is -0.392. The molecule has 14 heteroatoms. The van der Waals surface area contributed by atoms with E-state index >= 15 is 4.39 Å². The van der Waals surface area contributed by atoms with Gasteiger partial charge in [-0.15, -0.1) is 0 Å². The molecule has 0 spiro atoms. The minimum Gasteiger partial charge on any atom is -0.484 e. The highest BCUT2D eigenvalue weighted by atomic mass is 19.1. The highest BCUT2D eigenvalue weighted by Crippen LogP contribution is 2.23. The van der Waals surface area contributed by atoms with Crippen LogP contribution in [0.2, 0.25) is 0 Å². The van der Waals surface area contributed by atoms with Gasteiger partial charge in [0.25, 0.3) is 5.91 Å². The molecular weight excluding hydrogens is 830 g/mol. The number of carboxylic acid groups (broad SMARTS) is 1. The maximum absolute atomic E-state index is 15.3. The number of carboxylic acids is 1. The minimum absolute atomic E-state index is 0.0283. The smallest absolute Gasteiger partial charge is 0.303 e. The second-order valence-corrected chi connectivity index (χ2v) is 16.2. The fourth-order valence-electron chi connectivity index (χ4n) is 7.94. The van der Waals surface area contributed by atoms with Gasteiger partial charge in [-0.25, -0.2) is 4.39 Å². The number of para-hydroxylation sites is 1. The zero-order valence-corrected chi connectivity index (χ0v) is 35.6. The van der Waals surface area contributed by atoms with E-state index in [4.69, 9.17) is 9.84 Å². The second kappa shape index (κ2) is 21.7. The quantitative estimate of drug-likeness (QED) is 0.0671. The minimum atomic E-state index is -1.35. The molecule has 4 amide bonds. The zero-order chi connectivity index (χ0) is 45.7. The molecule has 13 nitrogen and oxygen atoms in total. The Bertz CT molecular complexity index is 2630. The molecule has 0 aliphatic carbocycles. The highest BCUT2D eigenvalue weighted by molar-refractivity contribution is 5.97. The van der Waals surface area contributed by atoms with Gasteiger partial charge in [-0.05, 0) is 70.5 Å². The number of aromatic nitrogens is 1. The maximum Gasteiger partial charge on any atom is 0.303 e. The lowest BCUT2D eigenvalue weighted by Gasteiger charge is -2.26. The Hall–Kier alpha value is -7.61. The van der Waals surface area contributed by atoms with Crippen LogP contribution in [0.25, 0.3) is 22.0 Å². The first-order valence-electron chi connectivity index (χ1n) is 21.6. The number of halogens is 1. The fraction of sp³-hybridized carbons (Fsp3) is 0.255. The lowest BCUT2D eigenvalue weighted by Crippen LogP contribution is -2.57. The summed E-state index contributed by atoms with van der Waals surface area (Å²) < 4.78 is 21.1. The molecule has 8 rings (SSSR count). The molecule has 0 unspecified atom stereocenters. The van der Waals surface area contributed by atoms with Crippen molar-refractivity contribution < 1.29 is 43.0 Å². The van der Waals surface area contributed by atoms with Crippen molar-refractivity contribution >= 4 is 46.3 Å². The summed E-state index contributed by atoms with van der Waals surface area (Å²) in [5.74, 6) is -5.35. The third-order valence-corrected chi connectivity index (χ3v) is 11.4. The van der Waals surface area contributed by atoms with Crippen molar-refractivity contribution in [3.63, 3.8) is 0 Å². The van der Waals surface area contributed by atoms with E-state index in [9.17, 15) is 28.8 Å². The van der Waals surface area contributed by atoms with Crippen LogP contribution in [0.4, 0.5) is 4.39 Å². The summed E-state index contributed by atoms with van der Waals surface area (Å²) in [7, 11) is 0. The van der Waals surface area contributed by atoms with Crippen molar-refractivity contribution in [1.29, 1.82) is 0 Å². The van der Waals surface area contributed by atoms with E-state index in [0.29, 0.717) is 16.9 Å². The first-order chi connectivity index (χ1) is 31.5. The summed E-state index contributed by atoms with van der Waals surface area (Å²) in [6, 6.07) is 33.4. The van der Waals surface area contributed by atoms with Gasteiger partial charge in [0.15, 0.2) is 12.4 Å². The Labute approximate surface area is 375 Å². The van der Waals surface area contributed by atoms with Gasteiger partial charge >= 0.3 is 5.97 Å². The van der Waals surface area contributed by atoms with Crippen molar-refractivity contribution in [2.45, 2.75) is 63.1 Å². The molecule has 2 aliphatic heterocycles. The number of carbonyl (C=O) groups is 6. The number of benzene rings is 5. The standard InChI is InChI=1S/C51H50FN5O8/c52-41-13-6-4-11-36(41)27-43-46(58)29-37(49(62)53-24-8-15-48(60)61)25-32-18-22-39(23-19-32)65-31-47(59)55-45(28-38-30-54-42-14-7-5-12-40(38)42)51(64)57-44(50(63)56-43)26-33-16-20-35(21-17-33)34-9-2-1-3-10-34/h1-7,9-14,16-23,30,37,43-45,54H,8,15,24-29,31H2,(H,53,62)(H,55,59)(H,56,63)(H,57,64)(H,60,61)/t37-,43+,44-,45+/m1/s1. The largest absolute Gasteiger partial charge is 0.484 e. The Kier molecular flexibility index (Phi) is 15.1. The van der Waals surface area contributed by atoms with Crippen LogP contribution in [0, 0.1) is 11.7 Å². The normalized spacial score (nSPS) is 18.6. The van der Waals surface area contributed by atoms with Crippen LogP contribution in [0.3, 0.4) is 0 Å². The number of Topliss-reactive ketones (excluding diaryl/α,β-unsaturated/α-hetero) is 1. The van der Waals surface area contributed by atoms with Gasteiger partial charge in [0.2, 0.25) is 17.7 Å². The molecule has 334 valence electrons. The number of fused-ring (bicyclic) bond motifs is 17. The maximum atomic E-state index is 15.3. The van der Waals surface area contributed by atoms with E-state index in [1.54, 1.807) is 36.5 Å². The lowest BCUT2D eigenvalue weighted by atomic mass is 9.89. The molecule has 4 atom stereocenters. The van der Waals surface area contributed by atoms with Crippen molar-refractivity contribution in [2.24, 2.45) is 5.92 Å². The molecule has 5 aromatic carbocycles. The molecule has 2 aliphatic rings. The third kappa shape index (κ3) is 12.5. The van der Waals surface area contributed by atoms with E-state index < -0.39 is 71.8 Å². The molecule has 0 saturated heterocycles. The molecule has 6 aromatic rings. The van der Waals surface area contributed by atoms with Crippen LogP contribution in [-0.2, 0) is 54.5 Å². The van der Waals surface area contributed by atoms with Crippen LogP contribution < -0.4 is 26.0 Å². The lowest BCUT2D eigenvalue weighted by molar-refractivity contribution is -0.137. The second-order valence-electron chi connectivity index (χ2n) is 16.2. The van der Waals surface area contributed by atoms with Crippen molar-refractivity contribution in [1.82, 2.24) is 26.3 Å². The summed E-state index contributed by atoms with van der Waals surface area (Å²) in [4.78, 5) is 85.4. The van der Waals surface area contributed by atoms with Crippen LogP contribution in [-0.4, -0.2) is 76.7 Å². The third-order valence-electron chi connectivity index (χ3n) is 11.4. The summed E-state index contributed by atoms with van der Waals surface area (Å²) in [6.07, 6.45) is 1.22. The van der Waals surface area contributed by atoms with Gasteiger partial charge in [-0.3, -0.25) is 28.8 Å². The van der Waals surface area contributed by atoms with Crippen LogP contribution in [0.5, 0.6) is 5.75 Å². The molecule has 0 fully saturated rings. The molecule has 1 aromatic heterocycles. The average molecular weight is 880 g/mol. The van der Waals surface area contributed by atoms with Gasteiger partial charge in [0.1, 0.15) is 23.7 Å². The summed E-state index contributed by atoms with van der Waals surface area (Å²) in [5, 5.41) is 21.2. The predicted molar refractivity (Wildman–Crippen MR) is 242 cm³/mol. The Morgan fingerprint density at radius 3 is 2.06 bits per heavy atom. The Morgan fingerprint density at radius 2 is 1.32 bits per heavy atom.